The number of sulfone groups is 4. The second-order valence-corrected chi connectivity index (χ2v) is 38.2. The molecular formula is C86H76F8N24O17S4. The van der Waals surface area contributed by atoms with Crippen molar-refractivity contribution < 1.29 is 112 Å². The zero-order valence-electron chi connectivity index (χ0n) is 73.4. The molecule has 0 fully saturated rings. The van der Waals surface area contributed by atoms with E-state index in [2.05, 4.69) is 101 Å². The molecule has 53 heteroatoms. The fraction of sp³-hybridized carbons (Fsp3) is 0.186. The molecule has 12 heterocycles. The maximum atomic E-state index is 13.2. The van der Waals surface area contributed by atoms with Crippen LogP contribution in [0.4, 0.5) is 57.9 Å². The summed E-state index contributed by atoms with van der Waals surface area (Å²) >= 11 is 0. The third-order valence-electron chi connectivity index (χ3n) is 19.7. The predicted octanol–water partition coefficient (Wildman–Crippen LogP) is 12.0. The number of benzene rings is 5. The SMILES string of the molecule is CC(C)CS(=O)(=O)c1ccc(OC(F)F)c(-c2nn(C)cc2NC(=O)c2cnn3cccnc23)c1.COCCS(=O)(=O)c1ccc(OC(F)F)c(-c2nn(C)cc2NC(=O)c2cnn3cccnc23)c1.Cn1cc(NC(=O)c2cnn3cccnc23)c(-c2cc(S(=O)(=O)c3ccccc3)ccc2OC(F)F)n1.Cn1cc(NC(=O)c2cnn3cccnc23)c(-c2cc(S(C)(=O)=O)ccc2OC(F)F)n1. The Labute approximate surface area is 781 Å². The highest BCUT2D eigenvalue weighted by molar-refractivity contribution is 7.92. The first kappa shape index (κ1) is 98.7. The number of rotatable bonds is 30. The Morgan fingerprint density at radius 3 is 0.935 bits per heavy atom. The molecule has 0 atom stereocenters. The smallest absolute Gasteiger partial charge is 0.387 e. The van der Waals surface area contributed by atoms with E-state index in [-0.39, 0.29) is 162 Å². The lowest BCUT2D eigenvalue weighted by Crippen LogP contribution is -2.13. The van der Waals surface area contributed by atoms with E-state index in [4.69, 9.17) is 4.74 Å². The first-order valence-electron chi connectivity index (χ1n) is 40.5. The van der Waals surface area contributed by atoms with Gasteiger partial charge in [-0.25, -0.2) is 71.7 Å². The minimum atomic E-state index is -3.99. The minimum Gasteiger partial charge on any atom is -0.434 e. The van der Waals surface area contributed by atoms with E-state index in [1.54, 1.807) is 109 Å². The molecule has 0 aliphatic carbocycles. The third kappa shape index (κ3) is 22.9. The van der Waals surface area contributed by atoms with Crippen molar-refractivity contribution in [2.45, 2.75) is 64.8 Å². The number of carbonyl (C=O) groups excluding carboxylic acids is 4. The first-order chi connectivity index (χ1) is 66.1. The molecule has 41 nitrogen and oxygen atoms in total. The van der Waals surface area contributed by atoms with Gasteiger partial charge in [-0.15, -0.1) is 0 Å². The van der Waals surface area contributed by atoms with Crippen LogP contribution in [0.25, 0.3) is 67.6 Å². The molecule has 0 bridgehead atoms. The van der Waals surface area contributed by atoms with E-state index in [0.29, 0.717) is 22.6 Å². The number of fused-ring (bicyclic) bond motifs is 4. The number of alkyl halides is 8. The van der Waals surface area contributed by atoms with Gasteiger partial charge in [0, 0.05) is 138 Å². The number of nitrogens with one attached hydrogen (secondary N) is 4. The molecule has 12 aromatic heterocycles. The zero-order chi connectivity index (χ0) is 99.7. The molecule has 17 aromatic rings. The van der Waals surface area contributed by atoms with Crippen LogP contribution in [0.5, 0.6) is 23.0 Å². The molecule has 0 saturated carbocycles. The number of aromatic nitrogens is 20. The Hall–Kier alpha value is -16.3. The van der Waals surface area contributed by atoms with Crippen LogP contribution in [0.1, 0.15) is 55.3 Å². The number of ether oxygens (including phenoxy) is 5. The van der Waals surface area contributed by atoms with Gasteiger partial charge in [-0.05, 0) is 115 Å². The highest BCUT2D eigenvalue weighted by atomic mass is 32.2. The minimum absolute atomic E-state index is 0.0102. The van der Waals surface area contributed by atoms with E-state index >= 15 is 0 Å². The van der Waals surface area contributed by atoms with E-state index < -0.39 is 89.4 Å². The van der Waals surface area contributed by atoms with Crippen LogP contribution in [0.2, 0.25) is 0 Å². The van der Waals surface area contributed by atoms with Gasteiger partial charge in [-0.3, -0.25) is 37.9 Å². The van der Waals surface area contributed by atoms with Crippen LogP contribution in [-0.2, 0) is 72.3 Å². The number of aryl methyl sites for hydroxylation is 4. The first-order valence-corrected chi connectivity index (χ1v) is 47.1. The van der Waals surface area contributed by atoms with Gasteiger partial charge in [-0.1, -0.05) is 32.0 Å². The second-order valence-electron chi connectivity index (χ2n) is 30.1. The molecular weight excluding hydrogens is 1920 g/mol. The summed E-state index contributed by atoms with van der Waals surface area (Å²) in [5.74, 6) is -4.07. The number of carbonyl (C=O) groups is 4. The van der Waals surface area contributed by atoms with Gasteiger partial charge in [-0.2, -0.15) is 75.9 Å². The molecule has 17 rings (SSSR count). The topological polar surface area (TPSA) is 491 Å². The summed E-state index contributed by atoms with van der Waals surface area (Å²) in [6.07, 6.45) is 24.7. The van der Waals surface area contributed by atoms with Crippen molar-refractivity contribution in [3.8, 4) is 68.0 Å². The quantitative estimate of drug-likeness (QED) is 0.0304. The highest BCUT2D eigenvalue weighted by Gasteiger charge is 2.32. The van der Waals surface area contributed by atoms with Gasteiger partial charge in [0.25, 0.3) is 23.6 Å². The average Bonchev–Trinajstić information content (AvgIpc) is 1.68. The Balaban J connectivity index is 0.000000148. The van der Waals surface area contributed by atoms with Crippen molar-refractivity contribution >= 4 is 108 Å². The van der Waals surface area contributed by atoms with Gasteiger partial charge < -0.3 is 45.0 Å². The van der Waals surface area contributed by atoms with Crippen molar-refractivity contribution in [1.29, 1.82) is 0 Å². The molecule has 0 unspecified atom stereocenters. The highest BCUT2D eigenvalue weighted by Crippen LogP contribution is 2.43. The number of nitrogens with zero attached hydrogens (tertiary/aromatic N) is 20. The van der Waals surface area contributed by atoms with E-state index in [9.17, 15) is 88.0 Å². The summed E-state index contributed by atoms with van der Waals surface area (Å²) in [5, 5.41) is 44.0. The molecule has 0 aliphatic rings. The zero-order valence-corrected chi connectivity index (χ0v) is 76.7. The van der Waals surface area contributed by atoms with Crippen molar-refractivity contribution in [2.75, 3.05) is 52.7 Å². The lowest BCUT2D eigenvalue weighted by molar-refractivity contribution is -0.0501. The fourth-order valence-corrected chi connectivity index (χ4v) is 18.6. The van der Waals surface area contributed by atoms with Gasteiger partial charge in [0.15, 0.2) is 52.1 Å². The molecule has 0 saturated heterocycles. The van der Waals surface area contributed by atoms with Gasteiger partial charge in [0.2, 0.25) is 9.84 Å². The summed E-state index contributed by atoms with van der Waals surface area (Å²) < 4.78 is 241. The van der Waals surface area contributed by atoms with Crippen molar-refractivity contribution in [1.82, 2.24) is 97.5 Å². The molecule has 4 N–H and O–H groups in total. The largest absolute Gasteiger partial charge is 0.434 e. The van der Waals surface area contributed by atoms with E-state index in [0.717, 1.165) is 42.7 Å². The number of anilines is 4. The Kier molecular flexibility index (Phi) is 29.5. The number of hydrogen-bond acceptors (Lipinski definition) is 29. The summed E-state index contributed by atoms with van der Waals surface area (Å²) in [6, 6.07) is 28.3. The van der Waals surface area contributed by atoms with Gasteiger partial charge in [0.1, 0.15) is 68.0 Å². The molecule has 0 aliphatic heterocycles. The Morgan fingerprint density at radius 2 is 0.647 bits per heavy atom. The maximum absolute atomic E-state index is 13.2. The Bertz CT molecular complexity index is 7970. The number of hydrogen-bond donors (Lipinski definition) is 4. The number of methoxy groups -OCH3 is 1. The fourth-order valence-electron chi connectivity index (χ4n) is 13.8. The van der Waals surface area contributed by atoms with Crippen LogP contribution in [0, 0.1) is 5.92 Å². The second kappa shape index (κ2) is 41.5. The van der Waals surface area contributed by atoms with Gasteiger partial charge >= 0.3 is 26.4 Å². The standard InChI is InChI=1S/C24H18F2N6O4S.C22H22F2N6O4S.C21H20F2N6O5S.C19H16F2N6O4S/c1-31-14-19(29-23(33)18-13-28-32-11-5-10-27-22(18)32)21(30-31)17-12-16(8-9-20(17)36-24(25)26)37(34,35)15-6-3-2-4-7-15;1-13(2)12-35(32,33)14-5-6-18(34-22(23)24)15(9-14)19-17(11-29(3)28-19)27-21(31)16-10-26-30-8-4-7-25-20(16)30;1-28-12-16(26-20(30)15-11-25-29-7-3-6-24-19(15)29)18(27-28)14-10-13(35(31,32)9-8-33-2)4-5-17(14)34-21(22)23;1-26-10-14(24-18(28)13-9-23-27-7-3-6-22-17(13)27)16(25-26)12-8-11(32(2,29)30)4-5-15(12)31-19(20)21/h2-14,24H,1H3,(H,29,33);4-11,13,22H,12H2,1-3H3,(H,27,31);3-7,10-12,21H,8-9H2,1-2H3,(H,26,30);3-10,19H,1-2H3,(H,24,28). The number of amides is 4. The van der Waals surface area contributed by atoms with Crippen LogP contribution in [0.3, 0.4) is 0 Å². The van der Waals surface area contributed by atoms with Crippen LogP contribution >= 0.6 is 0 Å². The molecule has 0 spiro atoms. The molecule has 139 heavy (non-hydrogen) atoms. The van der Waals surface area contributed by atoms with Crippen LogP contribution in [-0.4, -0.2) is 213 Å². The summed E-state index contributed by atoms with van der Waals surface area (Å²) in [7, 11) is -7.53. The summed E-state index contributed by atoms with van der Waals surface area (Å²) in [5.41, 5.74) is 2.56. The van der Waals surface area contributed by atoms with Crippen LogP contribution in [0.15, 0.2) is 251 Å². The average molecular weight is 2000 g/mol. The third-order valence-corrected chi connectivity index (χ3v) is 26.3. The molecule has 4 amide bonds. The van der Waals surface area contributed by atoms with E-state index in [1.165, 1.54) is 167 Å². The number of halogens is 8. The van der Waals surface area contributed by atoms with Crippen LogP contribution < -0.4 is 40.2 Å². The monoisotopic (exact) mass is 2000 g/mol. The van der Waals surface area contributed by atoms with Crippen molar-refractivity contribution in [3.05, 3.63) is 249 Å². The predicted molar refractivity (Wildman–Crippen MR) is 481 cm³/mol. The molecule has 0 radical (unpaired) electrons. The summed E-state index contributed by atoms with van der Waals surface area (Å²) in [4.78, 5) is 68.0. The lowest BCUT2D eigenvalue weighted by Gasteiger charge is -2.14. The maximum Gasteiger partial charge on any atom is 0.387 e. The molecule has 722 valence electrons. The van der Waals surface area contributed by atoms with Gasteiger partial charge in [0.05, 0.1) is 90.1 Å². The van der Waals surface area contributed by atoms with Crippen molar-refractivity contribution in [3.63, 3.8) is 0 Å². The van der Waals surface area contributed by atoms with Crippen molar-refractivity contribution in [2.24, 2.45) is 34.1 Å². The molecule has 5 aromatic carbocycles. The normalized spacial score (nSPS) is 11.8. The van der Waals surface area contributed by atoms with E-state index in [1.807, 2.05) is 0 Å². The summed E-state index contributed by atoms with van der Waals surface area (Å²) in [6.45, 7) is -9.19. The lowest BCUT2D eigenvalue weighted by atomic mass is 10.1. The Morgan fingerprint density at radius 1 is 0.367 bits per heavy atom.